The number of carboxylic acid groups (broad SMARTS) is 1. The van der Waals surface area contributed by atoms with E-state index in [9.17, 15) is 4.79 Å². The highest BCUT2D eigenvalue weighted by Crippen LogP contribution is 2.08. The van der Waals surface area contributed by atoms with E-state index in [1.54, 1.807) is 11.8 Å². The molecule has 0 saturated heterocycles. The first-order valence-corrected chi connectivity index (χ1v) is 6.45. The molecule has 82 valence electrons. The van der Waals surface area contributed by atoms with Gasteiger partial charge in [-0.1, -0.05) is 25.3 Å². The molecule has 0 amide bonds. The van der Waals surface area contributed by atoms with Crippen LogP contribution in [0.4, 0.5) is 0 Å². The van der Waals surface area contributed by atoms with E-state index in [0.717, 1.165) is 19.3 Å². The van der Waals surface area contributed by atoms with Crippen molar-refractivity contribution in [2.24, 2.45) is 0 Å². The maximum atomic E-state index is 10.2. The third kappa shape index (κ3) is 11.6. The Bertz CT molecular complexity index is 167. The Hall–Kier alpha value is -0.440. The minimum absolute atomic E-state index is 0.326. The highest BCUT2D eigenvalue weighted by atomic mass is 32.2. The van der Waals surface area contributed by atoms with Crippen LogP contribution in [0.5, 0.6) is 0 Å². The Morgan fingerprint density at radius 1 is 1.21 bits per heavy atom. The van der Waals surface area contributed by atoms with Crippen LogP contribution in [0.1, 0.15) is 44.9 Å². The largest absolute Gasteiger partial charge is 0.481 e. The van der Waals surface area contributed by atoms with Crippen molar-refractivity contribution in [1.29, 1.82) is 0 Å². The number of unbranched alkanes of at least 4 members (excludes halogenated alkanes) is 5. The van der Waals surface area contributed by atoms with Crippen molar-refractivity contribution in [1.82, 2.24) is 0 Å². The van der Waals surface area contributed by atoms with Crippen LogP contribution < -0.4 is 0 Å². The molecule has 3 heteroatoms. The first-order chi connectivity index (χ1) is 6.77. The lowest BCUT2D eigenvalue weighted by molar-refractivity contribution is -0.137. The van der Waals surface area contributed by atoms with Crippen LogP contribution in [-0.4, -0.2) is 17.3 Å². The minimum Gasteiger partial charge on any atom is -0.481 e. The lowest BCUT2D eigenvalue weighted by Crippen LogP contribution is -1.93. The quantitative estimate of drug-likeness (QED) is 0.597. The molecule has 0 aliphatic heterocycles. The third-order valence-electron chi connectivity index (χ3n) is 1.99. The summed E-state index contributed by atoms with van der Waals surface area (Å²) in [5.74, 6) is -0.673. The second-order valence-corrected chi connectivity index (χ2v) is 4.05. The van der Waals surface area contributed by atoms with E-state index < -0.39 is 5.97 Å². The molecular weight excluding hydrogens is 196 g/mol. The fraction of sp³-hybridized carbons (Fsp3) is 0.727. The van der Waals surface area contributed by atoms with Crippen LogP contribution in [0.3, 0.4) is 0 Å². The summed E-state index contributed by atoms with van der Waals surface area (Å²) in [6, 6.07) is 0. The number of hydrogen-bond donors (Lipinski definition) is 1. The summed E-state index contributed by atoms with van der Waals surface area (Å²) >= 11 is 1.73. The maximum Gasteiger partial charge on any atom is 0.303 e. The van der Waals surface area contributed by atoms with Gasteiger partial charge in [0.2, 0.25) is 0 Å². The molecule has 0 bridgehead atoms. The van der Waals surface area contributed by atoms with Gasteiger partial charge in [0, 0.05) is 6.42 Å². The highest BCUT2D eigenvalue weighted by molar-refractivity contribution is 8.01. The number of hydrogen-bond acceptors (Lipinski definition) is 2. The Morgan fingerprint density at radius 2 is 1.86 bits per heavy atom. The van der Waals surface area contributed by atoms with Gasteiger partial charge in [-0.25, -0.2) is 0 Å². The number of allylic oxidation sites excluding steroid dienone is 1. The van der Waals surface area contributed by atoms with Gasteiger partial charge in [-0.15, -0.1) is 11.8 Å². The van der Waals surface area contributed by atoms with Gasteiger partial charge in [-0.2, -0.15) is 0 Å². The maximum absolute atomic E-state index is 10.2. The molecule has 0 aromatic heterocycles. The SMILES string of the molecule is CSC=CCCCCCCCC(=O)O. The van der Waals surface area contributed by atoms with Gasteiger partial charge in [-0.3, -0.25) is 4.79 Å². The molecule has 0 fully saturated rings. The van der Waals surface area contributed by atoms with E-state index in [0.29, 0.717) is 6.42 Å². The fourth-order valence-corrected chi connectivity index (χ4v) is 1.56. The molecule has 0 aromatic rings. The summed E-state index contributed by atoms with van der Waals surface area (Å²) in [5, 5.41) is 10.5. The Kier molecular flexibility index (Phi) is 10.3. The number of thioether (sulfide) groups is 1. The lowest BCUT2D eigenvalue weighted by atomic mass is 10.1. The van der Waals surface area contributed by atoms with Crippen LogP contribution in [-0.2, 0) is 4.79 Å². The van der Waals surface area contributed by atoms with E-state index in [2.05, 4.69) is 17.7 Å². The van der Waals surface area contributed by atoms with Crippen molar-refractivity contribution in [2.75, 3.05) is 6.26 Å². The molecule has 0 radical (unpaired) electrons. The summed E-state index contributed by atoms with van der Waals surface area (Å²) in [6.45, 7) is 0. The Labute approximate surface area is 90.8 Å². The smallest absolute Gasteiger partial charge is 0.303 e. The standard InChI is InChI=1S/C11H20O2S/c1-14-10-8-6-4-2-3-5-7-9-11(12)13/h8,10H,2-7,9H2,1H3,(H,12,13). The van der Waals surface area contributed by atoms with Gasteiger partial charge in [-0.05, 0) is 30.9 Å². The zero-order valence-electron chi connectivity index (χ0n) is 8.87. The summed E-state index contributed by atoms with van der Waals surface area (Å²) in [7, 11) is 0. The second kappa shape index (κ2) is 10.6. The van der Waals surface area contributed by atoms with Crippen molar-refractivity contribution < 1.29 is 9.90 Å². The molecular formula is C11H20O2S. The fourth-order valence-electron chi connectivity index (χ4n) is 1.23. The zero-order chi connectivity index (χ0) is 10.6. The predicted molar refractivity (Wildman–Crippen MR) is 62.6 cm³/mol. The van der Waals surface area contributed by atoms with Gasteiger partial charge in [0.25, 0.3) is 0 Å². The van der Waals surface area contributed by atoms with Gasteiger partial charge in [0.1, 0.15) is 0 Å². The van der Waals surface area contributed by atoms with Crippen molar-refractivity contribution in [3.8, 4) is 0 Å². The van der Waals surface area contributed by atoms with Crippen molar-refractivity contribution in [3.05, 3.63) is 11.5 Å². The molecule has 14 heavy (non-hydrogen) atoms. The average Bonchev–Trinajstić information content (AvgIpc) is 2.15. The van der Waals surface area contributed by atoms with Crippen molar-refractivity contribution >= 4 is 17.7 Å². The Balaban J connectivity index is 2.99. The van der Waals surface area contributed by atoms with Gasteiger partial charge in [0.05, 0.1) is 0 Å². The molecule has 0 spiro atoms. The van der Waals surface area contributed by atoms with Crippen molar-refractivity contribution in [2.45, 2.75) is 44.9 Å². The number of carboxylic acids is 1. The molecule has 0 unspecified atom stereocenters. The summed E-state index contributed by atoms with van der Waals surface area (Å²) < 4.78 is 0. The van der Waals surface area contributed by atoms with Crippen molar-refractivity contribution in [3.63, 3.8) is 0 Å². The number of aliphatic carboxylic acids is 1. The number of rotatable bonds is 9. The molecule has 0 aliphatic rings. The van der Waals surface area contributed by atoms with E-state index in [-0.39, 0.29) is 0 Å². The molecule has 1 N–H and O–H groups in total. The lowest BCUT2D eigenvalue weighted by Gasteiger charge is -1.97. The van der Waals surface area contributed by atoms with Gasteiger partial charge < -0.3 is 5.11 Å². The molecule has 2 nitrogen and oxygen atoms in total. The first-order valence-electron chi connectivity index (χ1n) is 5.17. The molecule has 0 saturated carbocycles. The van der Waals surface area contributed by atoms with Gasteiger partial charge in [0.15, 0.2) is 0 Å². The van der Waals surface area contributed by atoms with Crippen LogP contribution in [0.2, 0.25) is 0 Å². The van der Waals surface area contributed by atoms with Crippen LogP contribution >= 0.6 is 11.8 Å². The highest BCUT2D eigenvalue weighted by Gasteiger charge is 1.95. The average molecular weight is 216 g/mol. The third-order valence-corrected chi connectivity index (χ3v) is 2.46. The summed E-state index contributed by atoms with van der Waals surface area (Å²) in [5.41, 5.74) is 0. The zero-order valence-corrected chi connectivity index (χ0v) is 9.68. The van der Waals surface area contributed by atoms with Crippen LogP contribution in [0.25, 0.3) is 0 Å². The number of carbonyl (C=O) groups is 1. The van der Waals surface area contributed by atoms with Crippen LogP contribution in [0.15, 0.2) is 11.5 Å². The molecule has 0 atom stereocenters. The van der Waals surface area contributed by atoms with E-state index in [4.69, 9.17) is 5.11 Å². The van der Waals surface area contributed by atoms with E-state index in [1.807, 2.05) is 0 Å². The van der Waals surface area contributed by atoms with Gasteiger partial charge >= 0.3 is 5.97 Å². The topological polar surface area (TPSA) is 37.3 Å². The summed E-state index contributed by atoms with van der Waals surface area (Å²) in [6.07, 6.45) is 11.2. The normalized spacial score (nSPS) is 10.9. The van der Waals surface area contributed by atoms with E-state index >= 15 is 0 Å². The second-order valence-electron chi connectivity index (χ2n) is 3.31. The molecule has 0 aromatic carbocycles. The monoisotopic (exact) mass is 216 g/mol. The predicted octanol–water partition coefficient (Wildman–Crippen LogP) is 3.68. The van der Waals surface area contributed by atoms with Crippen LogP contribution in [0, 0.1) is 0 Å². The van der Waals surface area contributed by atoms with E-state index in [1.165, 1.54) is 19.3 Å². The molecule has 0 heterocycles. The Morgan fingerprint density at radius 3 is 2.50 bits per heavy atom. The first kappa shape index (κ1) is 13.6. The minimum atomic E-state index is -0.673. The summed E-state index contributed by atoms with van der Waals surface area (Å²) in [4.78, 5) is 10.2. The molecule has 0 aliphatic carbocycles. The molecule has 0 rings (SSSR count).